The van der Waals surface area contributed by atoms with E-state index < -0.39 is 0 Å². The standard InChI is InChI=1S/C10H12N4/c1-8(2)9-6-14(7-11-9)10-4-3-5-12-13-10/h3-8H,1-2H3. The van der Waals surface area contributed by atoms with E-state index in [-0.39, 0.29) is 0 Å². The van der Waals surface area contributed by atoms with Gasteiger partial charge in [0.25, 0.3) is 0 Å². The van der Waals surface area contributed by atoms with Gasteiger partial charge in [0.05, 0.1) is 5.69 Å². The molecule has 0 radical (unpaired) electrons. The summed E-state index contributed by atoms with van der Waals surface area (Å²) in [6.07, 6.45) is 5.40. The van der Waals surface area contributed by atoms with Crippen molar-refractivity contribution < 1.29 is 0 Å². The van der Waals surface area contributed by atoms with E-state index in [2.05, 4.69) is 29.0 Å². The molecule has 4 nitrogen and oxygen atoms in total. The molecule has 2 aromatic heterocycles. The van der Waals surface area contributed by atoms with Gasteiger partial charge < -0.3 is 0 Å². The van der Waals surface area contributed by atoms with Crippen molar-refractivity contribution in [2.24, 2.45) is 0 Å². The molecular weight excluding hydrogens is 176 g/mol. The van der Waals surface area contributed by atoms with Crippen molar-refractivity contribution in [3.05, 3.63) is 36.5 Å². The minimum Gasteiger partial charge on any atom is -0.289 e. The van der Waals surface area contributed by atoms with Crippen molar-refractivity contribution in [1.82, 2.24) is 19.7 Å². The van der Waals surface area contributed by atoms with Crippen molar-refractivity contribution in [2.75, 3.05) is 0 Å². The Morgan fingerprint density at radius 3 is 2.79 bits per heavy atom. The van der Waals surface area contributed by atoms with Crippen LogP contribution in [0.25, 0.3) is 5.82 Å². The molecule has 0 aliphatic carbocycles. The van der Waals surface area contributed by atoms with E-state index in [0.717, 1.165) is 11.5 Å². The Labute approximate surface area is 82.6 Å². The molecule has 0 fully saturated rings. The Kier molecular flexibility index (Phi) is 2.26. The smallest absolute Gasteiger partial charge is 0.160 e. The van der Waals surface area contributed by atoms with E-state index in [4.69, 9.17) is 0 Å². The lowest BCUT2D eigenvalue weighted by atomic mass is 10.2. The van der Waals surface area contributed by atoms with Gasteiger partial charge in [-0.05, 0) is 18.1 Å². The number of aromatic nitrogens is 4. The quantitative estimate of drug-likeness (QED) is 0.721. The Bertz CT molecular complexity index is 405. The van der Waals surface area contributed by atoms with Crippen molar-refractivity contribution >= 4 is 0 Å². The summed E-state index contributed by atoms with van der Waals surface area (Å²) in [5, 5.41) is 7.81. The second-order valence-electron chi connectivity index (χ2n) is 3.44. The molecule has 2 heterocycles. The van der Waals surface area contributed by atoms with Crippen LogP contribution in [0.4, 0.5) is 0 Å². The van der Waals surface area contributed by atoms with Gasteiger partial charge >= 0.3 is 0 Å². The fourth-order valence-corrected chi connectivity index (χ4v) is 1.19. The normalized spacial score (nSPS) is 10.8. The number of rotatable bonds is 2. The summed E-state index contributed by atoms with van der Waals surface area (Å²) in [5.41, 5.74) is 1.07. The highest BCUT2D eigenvalue weighted by atomic mass is 15.2. The van der Waals surface area contributed by atoms with Gasteiger partial charge in [0.15, 0.2) is 5.82 Å². The summed E-state index contributed by atoms with van der Waals surface area (Å²) >= 11 is 0. The summed E-state index contributed by atoms with van der Waals surface area (Å²) in [6.45, 7) is 4.23. The maximum absolute atomic E-state index is 4.29. The number of imidazole rings is 1. The largest absolute Gasteiger partial charge is 0.289 e. The third kappa shape index (κ3) is 1.64. The van der Waals surface area contributed by atoms with Gasteiger partial charge in [-0.2, -0.15) is 5.10 Å². The van der Waals surface area contributed by atoms with Crippen LogP contribution in [0.3, 0.4) is 0 Å². The third-order valence-electron chi connectivity index (χ3n) is 2.02. The molecule has 14 heavy (non-hydrogen) atoms. The van der Waals surface area contributed by atoms with Crippen molar-refractivity contribution in [3.63, 3.8) is 0 Å². The predicted molar refractivity (Wildman–Crippen MR) is 53.2 cm³/mol. The van der Waals surface area contributed by atoms with E-state index in [1.165, 1.54) is 0 Å². The van der Waals surface area contributed by atoms with E-state index >= 15 is 0 Å². The molecule has 0 atom stereocenters. The number of nitrogens with zero attached hydrogens (tertiary/aromatic N) is 4. The summed E-state index contributed by atoms with van der Waals surface area (Å²) in [5.74, 6) is 1.24. The average molecular weight is 188 g/mol. The highest BCUT2D eigenvalue weighted by Gasteiger charge is 2.04. The van der Waals surface area contributed by atoms with E-state index in [1.807, 2.05) is 22.9 Å². The van der Waals surface area contributed by atoms with Gasteiger partial charge in [-0.15, -0.1) is 5.10 Å². The van der Waals surface area contributed by atoms with Crippen LogP contribution in [0.15, 0.2) is 30.9 Å². The maximum Gasteiger partial charge on any atom is 0.160 e. The minimum absolute atomic E-state index is 0.438. The van der Waals surface area contributed by atoms with Gasteiger partial charge in [-0.1, -0.05) is 13.8 Å². The van der Waals surface area contributed by atoms with Gasteiger partial charge in [0.1, 0.15) is 6.33 Å². The minimum atomic E-state index is 0.438. The van der Waals surface area contributed by atoms with Gasteiger partial charge in [0.2, 0.25) is 0 Å². The predicted octanol–water partition coefficient (Wildman–Crippen LogP) is 1.79. The molecular formula is C10H12N4. The van der Waals surface area contributed by atoms with E-state index in [9.17, 15) is 0 Å². The Balaban J connectivity index is 2.34. The lowest BCUT2D eigenvalue weighted by Crippen LogP contribution is -1.95. The number of hydrogen-bond donors (Lipinski definition) is 0. The lowest BCUT2D eigenvalue weighted by Gasteiger charge is -1.98. The second-order valence-corrected chi connectivity index (χ2v) is 3.44. The third-order valence-corrected chi connectivity index (χ3v) is 2.02. The first-order chi connectivity index (χ1) is 6.77. The molecule has 0 aliphatic heterocycles. The first-order valence-corrected chi connectivity index (χ1v) is 4.59. The van der Waals surface area contributed by atoms with Crippen LogP contribution in [0.1, 0.15) is 25.5 Å². The Morgan fingerprint density at radius 1 is 1.36 bits per heavy atom. The molecule has 0 spiro atoms. The van der Waals surface area contributed by atoms with Crippen LogP contribution in [0, 0.1) is 0 Å². The van der Waals surface area contributed by atoms with Crippen LogP contribution in [-0.4, -0.2) is 19.7 Å². The van der Waals surface area contributed by atoms with Crippen molar-refractivity contribution in [1.29, 1.82) is 0 Å². The Hall–Kier alpha value is -1.71. The van der Waals surface area contributed by atoms with Crippen molar-refractivity contribution in [3.8, 4) is 5.82 Å². The van der Waals surface area contributed by atoms with Crippen molar-refractivity contribution in [2.45, 2.75) is 19.8 Å². The summed E-state index contributed by atoms with van der Waals surface area (Å²) in [6, 6.07) is 3.76. The van der Waals surface area contributed by atoms with Gasteiger partial charge in [-0.3, -0.25) is 4.57 Å². The SMILES string of the molecule is CC(C)c1cn(-c2cccnn2)cn1. The molecule has 0 unspecified atom stereocenters. The first-order valence-electron chi connectivity index (χ1n) is 4.59. The molecule has 0 N–H and O–H groups in total. The monoisotopic (exact) mass is 188 g/mol. The highest BCUT2D eigenvalue weighted by Crippen LogP contribution is 2.12. The van der Waals surface area contributed by atoms with Gasteiger partial charge in [-0.25, -0.2) is 4.98 Å². The highest BCUT2D eigenvalue weighted by molar-refractivity contribution is 5.21. The van der Waals surface area contributed by atoms with E-state index in [1.54, 1.807) is 12.5 Å². The lowest BCUT2D eigenvalue weighted by molar-refractivity contribution is 0.830. The average Bonchev–Trinajstić information content (AvgIpc) is 2.68. The molecule has 0 bridgehead atoms. The molecule has 4 heteroatoms. The van der Waals surface area contributed by atoms with Crippen LogP contribution in [0.5, 0.6) is 0 Å². The fraction of sp³-hybridized carbons (Fsp3) is 0.300. The molecule has 72 valence electrons. The number of hydrogen-bond acceptors (Lipinski definition) is 3. The molecule has 2 aromatic rings. The zero-order valence-corrected chi connectivity index (χ0v) is 8.25. The van der Waals surface area contributed by atoms with Crippen LogP contribution < -0.4 is 0 Å². The Morgan fingerprint density at radius 2 is 2.21 bits per heavy atom. The summed E-state index contributed by atoms with van der Waals surface area (Å²) < 4.78 is 1.88. The van der Waals surface area contributed by atoms with Crippen LogP contribution in [-0.2, 0) is 0 Å². The molecule has 0 saturated carbocycles. The molecule has 0 saturated heterocycles. The van der Waals surface area contributed by atoms with Crippen LogP contribution >= 0.6 is 0 Å². The second kappa shape index (κ2) is 3.57. The maximum atomic E-state index is 4.29. The molecule has 2 rings (SSSR count). The zero-order valence-electron chi connectivity index (χ0n) is 8.25. The summed E-state index contributed by atoms with van der Waals surface area (Å²) in [4.78, 5) is 4.29. The summed E-state index contributed by atoms with van der Waals surface area (Å²) in [7, 11) is 0. The molecule has 0 aliphatic rings. The van der Waals surface area contributed by atoms with Crippen LogP contribution in [0.2, 0.25) is 0 Å². The molecule has 0 amide bonds. The zero-order chi connectivity index (χ0) is 9.97. The topological polar surface area (TPSA) is 43.6 Å². The van der Waals surface area contributed by atoms with Gasteiger partial charge in [0, 0.05) is 12.4 Å². The molecule has 0 aromatic carbocycles. The fourth-order valence-electron chi connectivity index (χ4n) is 1.19. The first kappa shape index (κ1) is 8.87. The van der Waals surface area contributed by atoms with E-state index in [0.29, 0.717) is 5.92 Å².